The van der Waals surface area contributed by atoms with Gasteiger partial charge in [-0.15, -0.1) is 285 Å². The zero-order chi connectivity index (χ0) is 72.4. The van der Waals surface area contributed by atoms with Gasteiger partial charge in [-0.05, 0) is 99.6 Å². The zero-order valence-electron chi connectivity index (χ0n) is 59.6. The smallest absolute Gasteiger partial charge is 0.305 e. The minimum atomic E-state index is 0. The largest absolute Gasteiger partial charge is 3.00 e. The van der Waals surface area contributed by atoms with Gasteiger partial charge in [0.15, 0.2) is 0 Å². The summed E-state index contributed by atoms with van der Waals surface area (Å²) in [4.78, 5) is 34.0. The average molecular weight is 1930 g/mol. The first-order valence-corrected chi connectivity index (χ1v) is 34.1. The Labute approximate surface area is 677 Å². The SMILES string of the molecule is Cc1c[c-]c(-c2ccccn2)cc1.Cc1c[c-]c(-c2ccccn2)cc1.Cc1c[c-]c(-c2ccccn2)cc1.[Ir+3].[Ir+3].[Ir].[c-]1ccc(-c2ccccc2)cc1-c1ccccn1.[c-]1ccccc1-c1ccccn1.[c-]1ccccc1-c1ccccn1.[c-]1ccccc1-c1ccccn1.[c-]1ccccc1-c1ccccn1. The van der Waals surface area contributed by atoms with E-state index >= 15 is 0 Å². The van der Waals surface area contributed by atoms with Crippen LogP contribution in [0.1, 0.15) is 16.7 Å². The van der Waals surface area contributed by atoms with Crippen LogP contribution < -0.4 is 0 Å². The molecule has 0 saturated heterocycles. The zero-order valence-corrected chi connectivity index (χ0v) is 66.8. The van der Waals surface area contributed by atoms with E-state index in [4.69, 9.17) is 0 Å². The molecular formula is C97H74Ir3N8-2. The van der Waals surface area contributed by atoms with E-state index in [0.717, 1.165) is 90.1 Å². The van der Waals surface area contributed by atoms with Crippen molar-refractivity contribution >= 4 is 0 Å². The van der Waals surface area contributed by atoms with E-state index in [1.807, 2.05) is 303 Å². The molecule has 531 valence electrons. The molecule has 0 aliphatic carbocycles. The topological polar surface area (TPSA) is 103 Å². The van der Waals surface area contributed by atoms with Crippen LogP contribution in [-0.2, 0) is 60.3 Å². The third-order valence-corrected chi connectivity index (χ3v) is 15.2. The predicted octanol–water partition coefficient (Wildman–Crippen LogP) is 23.0. The van der Waals surface area contributed by atoms with Crippen molar-refractivity contribution < 1.29 is 60.3 Å². The second kappa shape index (κ2) is 48.3. The van der Waals surface area contributed by atoms with Crippen LogP contribution in [0.25, 0.3) is 101 Å². The Balaban J connectivity index is 0.000000172. The molecule has 17 aromatic rings. The molecule has 9 aromatic carbocycles. The van der Waals surface area contributed by atoms with E-state index in [9.17, 15) is 0 Å². The fourth-order valence-electron chi connectivity index (χ4n) is 9.80. The first kappa shape index (κ1) is 83.4. The Morgan fingerprint density at radius 1 is 0.185 bits per heavy atom. The van der Waals surface area contributed by atoms with Gasteiger partial charge in [0.05, 0.1) is 0 Å². The van der Waals surface area contributed by atoms with Crippen LogP contribution >= 0.6 is 0 Å². The van der Waals surface area contributed by atoms with Gasteiger partial charge in [0.25, 0.3) is 0 Å². The van der Waals surface area contributed by atoms with Crippen molar-refractivity contribution in [3.8, 4) is 101 Å². The number of hydrogen-bond donors (Lipinski definition) is 0. The Kier molecular flexibility index (Phi) is 37.3. The second-order valence-corrected chi connectivity index (χ2v) is 23.0. The summed E-state index contributed by atoms with van der Waals surface area (Å²) in [6, 6.07) is 138. The van der Waals surface area contributed by atoms with Crippen LogP contribution in [0, 0.1) is 69.3 Å². The van der Waals surface area contributed by atoms with Gasteiger partial charge in [-0.1, -0.05) is 148 Å². The van der Waals surface area contributed by atoms with Crippen molar-refractivity contribution in [3.05, 3.63) is 461 Å². The van der Waals surface area contributed by atoms with Gasteiger partial charge in [-0.25, -0.2) is 0 Å². The summed E-state index contributed by atoms with van der Waals surface area (Å²) in [6.45, 7) is 6.16. The minimum absolute atomic E-state index is 0. The summed E-state index contributed by atoms with van der Waals surface area (Å²) in [5.74, 6) is 0. The van der Waals surface area contributed by atoms with E-state index < -0.39 is 0 Å². The normalized spacial score (nSPS) is 9.58. The number of aromatic nitrogens is 8. The third kappa shape index (κ3) is 28.9. The molecule has 0 fully saturated rings. The molecule has 1 radical (unpaired) electrons. The van der Waals surface area contributed by atoms with Crippen molar-refractivity contribution in [1.82, 2.24) is 39.9 Å². The van der Waals surface area contributed by atoms with Gasteiger partial charge in [-0.3, -0.25) is 0 Å². The quantitative estimate of drug-likeness (QED) is 0.132. The van der Waals surface area contributed by atoms with Crippen LogP contribution in [-0.4, -0.2) is 39.9 Å². The summed E-state index contributed by atoms with van der Waals surface area (Å²) in [5.41, 5.74) is 22.2. The number of aryl methyl sites for hydroxylation is 3. The van der Waals surface area contributed by atoms with Crippen LogP contribution in [0.2, 0.25) is 0 Å². The van der Waals surface area contributed by atoms with Crippen molar-refractivity contribution in [2.75, 3.05) is 0 Å². The molecule has 17 rings (SSSR count). The molecule has 0 saturated carbocycles. The first-order chi connectivity index (χ1) is 51.9. The molecule has 8 heterocycles. The Hall–Kier alpha value is -11.9. The predicted molar refractivity (Wildman–Crippen MR) is 428 cm³/mol. The number of benzene rings is 9. The monoisotopic (exact) mass is 1930 g/mol. The molecule has 0 atom stereocenters. The van der Waals surface area contributed by atoms with Gasteiger partial charge in [0.2, 0.25) is 0 Å². The molecule has 0 N–H and O–H groups in total. The van der Waals surface area contributed by atoms with Crippen LogP contribution in [0.3, 0.4) is 0 Å². The fourth-order valence-corrected chi connectivity index (χ4v) is 9.80. The van der Waals surface area contributed by atoms with Crippen molar-refractivity contribution in [2.24, 2.45) is 0 Å². The summed E-state index contributed by atoms with van der Waals surface area (Å²) in [7, 11) is 0. The third-order valence-electron chi connectivity index (χ3n) is 15.2. The number of rotatable bonds is 9. The molecule has 8 nitrogen and oxygen atoms in total. The Morgan fingerprint density at radius 2 is 0.407 bits per heavy atom. The fraction of sp³-hybridized carbons (Fsp3) is 0.0309. The molecule has 8 aromatic heterocycles. The summed E-state index contributed by atoms with van der Waals surface area (Å²) >= 11 is 0. The molecule has 108 heavy (non-hydrogen) atoms. The standard InChI is InChI=1S/C17H12N.3C12H10N.4C11H8N.3Ir/c1-2-7-14(8-3-1)15-9-6-10-16(13-15)17-11-4-5-12-18-17;3*1-10-5-7-11(8-6-10)12-4-2-3-9-13-12;4*1-2-6-10(7-3-1)11-8-4-5-9-12-11;;;/h1-9,11-13H;3*2-7,9H,1H3;4*1-6,8-9H;;;/q8*-1;;2*+3. The molecule has 0 bridgehead atoms. The van der Waals surface area contributed by atoms with Crippen LogP contribution in [0.4, 0.5) is 0 Å². The molecular weight excluding hydrogens is 1850 g/mol. The van der Waals surface area contributed by atoms with Gasteiger partial charge in [0.1, 0.15) is 0 Å². The van der Waals surface area contributed by atoms with Crippen LogP contribution in [0.5, 0.6) is 0 Å². The van der Waals surface area contributed by atoms with E-state index in [0.29, 0.717) is 0 Å². The maximum atomic E-state index is 4.35. The van der Waals surface area contributed by atoms with Gasteiger partial charge in [0, 0.05) is 69.7 Å². The maximum Gasteiger partial charge on any atom is 3.00 e. The Bertz CT molecular complexity index is 4410. The van der Waals surface area contributed by atoms with Crippen molar-refractivity contribution in [1.29, 1.82) is 0 Å². The van der Waals surface area contributed by atoms with Gasteiger partial charge < -0.3 is 39.9 Å². The molecule has 0 aliphatic heterocycles. The molecule has 0 unspecified atom stereocenters. The van der Waals surface area contributed by atoms with E-state index in [-0.39, 0.29) is 60.3 Å². The number of hydrogen-bond acceptors (Lipinski definition) is 8. The van der Waals surface area contributed by atoms with Gasteiger partial charge >= 0.3 is 40.2 Å². The van der Waals surface area contributed by atoms with E-state index in [1.165, 1.54) is 27.8 Å². The molecule has 0 amide bonds. The van der Waals surface area contributed by atoms with E-state index in [1.54, 1.807) is 49.6 Å². The summed E-state index contributed by atoms with van der Waals surface area (Å²) in [5, 5.41) is 0. The maximum absolute atomic E-state index is 4.35. The average Bonchev–Trinajstić information content (AvgIpc) is 0.846. The second-order valence-electron chi connectivity index (χ2n) is 23.0. The van der Waals surface area contributed by atoms with E-state index in [2.05, 4.69) is 152 Å². The van der Waals surface area contributed by atoms with Gasteiger partial charge in [-0.2, -0.15) is 0 Å². The molecule has 0 aliphatic rings. The first-order valence-electron chi connectivity index (χ1n) is 34.1. The van der Waals surface area contributed by atoms with Crippen LogP contribution in [0.15, 0.2) is 395 Å². The Morgan fingerprint density at radius 3 is 0.620 bits per heavy atom. The molecule has 0 spiro atoms. The van der Waals surface area contributed by atoms with Crippen molar-refractivity contribution in [2.45, 2.75) is 20.8 Å². The van der Waals surface area contributed by atoms with Crippen molar-refractivity contribution in [3.63, 3.8) is 0 Å². The number of pyridine rings is 8. The number of nitrogens with zero attached hydrogens (tertiary/aromatic N) is 8. The minimum Gasteiger partial charge on any atom is -0.305 e. The summed E-state index contributed by atoms with van der Waals surface area (Å²) in [6.07, 6.45) is 14.3. The summed E-state index contributed by atoms with van der Waals surface area (Å²) < 4.78 is 0. The molecule has 11 heteroatoms.